The zero-order valence-electron chi connectivity index (χ0n) is 22.5. The first-order valence-electron chi connectivity index (χ1n) is 13.5. The van der Waals surface area contributed by atoms with Crippen LogP contribution in [0, 0.1) is 0 Å². The minimum absolute atomic E-state index is 0.0670. The number of carbonyl (C=O) groups excluding carboxylic acids is 2. The zero-order valence-corrected chi connectivity index (χ0v) is 22.5. The van der Waals surface area contributed by atoms with Crippen LogP contribution in [0.1, 0.15) is 69.4 Å². The molecule has 2 aliphatic carbocycles. The van der Waals surface area contributed by atoms with Crippen LogP contribution in [-0.2, 0) is 16.2 Å². The van der Waals surface area contributed by atoms with Gasteiger partial charge in [-0.3, -0.25) is 9.59 Å². The van der Waals surface area contributed by atoms with Crippen LogP contribution < -0.4 is 14.8 Å². The van der Waals surface area contributed by atoms with E-state index in [0.29, 0.717) is 28.2 Å². The lowest BCUT2D eigenvalue weighted by Gasteiger charge is -2.43. The predicted octanol–water partition coefficient (Wildman–Crippen LogP) is 2.33. The second-order valence-corrected chi connectivity index (χ2v) is 10.6. The van der Waals surface area contributed by atoms with Crippen LogP contribution in [0.5, 0.6) is 11.5 Å². The van der Waals surface area contributed by atoms with E-state index in [9.17, 15) is 24.9 Å². The molecule has 1 heterocycles. The van der Waals surface area contributed by atoms with E-state index in [1.165, 1.54) is 7.11 Å². The van der Waals surface area contributed by atoms with Crippen molar-refractivity contribution in [1.82, 2.24) is 10.2 Å². The Labute approximate surface area is 224 Å². The van der Waals surface area contributed by atoms with Gasteiger partial charge in [-0.2, -0.15) is 0 Å². The molecule has 9 heteroatoms. The number of aliphatic hydroxyl groups excluding tert-OH is 3. The molecule has 0 radical (unpaired) electrons. The van der Waals surface area contributed by atoms with Crippen LogP contribution in [0.15, 0.2) is 35.4 Å². The van der Waals surface area contributed by atoms with Gasteiger partial charge in [0.1, 0.15) is 12.2 Å². The van der Waals surface area contributed by atoms with Crippen molar-refractivity contribution in [2.75, 3.05) is 20.3 Å². The summed E-state index contributed by atoms with van der Waals surface area (Å²) in [6, 6.07) is 2.58. The molecule has 1 fully saturated rings. The van der Waals surface area contributed by atoms with Gasteiger partial charge in [0.2, 0.25) is 11.8 Å². The van der Waals surface area contributed by atoms with Gasteiger partial charge in [-0.1, -0.05) is 31.3 Å². The number of hydrogen-bond acceptors (Lipinski definition) is 7. The first-order chi connectivity index (χ1) is 18.3. The van der Waals surface area contributed by atoms with Crippen molar-refractivity contribution < 1.29 is 34.4 Å². The van der Waals surface area contributed by atoms with Crippen LogP contribution in [0.2, 0.25) is 0 Å². The lowest BCUT2D eigenvalue weighted by molar-refractivity contribution is -0.135. The molecule has 0 spiro atoms. The molecule has 1 saturated carbocycles. The second kappa shape index (κ2) is 12.3. The van der Waals surface area contributed by atoms with Crippen molar-refractivity contribution in [3.05, 3.63) is 46.6 Å². The van der Waals surface area contributed by atoms with E-state index in [4.69, 9.17) is 9.47 Å². The van der Waals surface area contributed by atoms with Crippen molar-refractivity contribution in [1.29, 1.82) is 0 Å². The Morgan fingerprint density at radius 3 is 2.47 bits per heavy atom. The minimum atomic E-state index is -1.11. The van der Waals surface area contributed by atoms with Gasteiger partial charge in [0.15, 0.2) is 11.5 Å². The summed E-state index contributed by atoms with van der Waals surface area (Å²) in [4.78, 5) is 28.8. The summed E-state index contributed by atoms with van der Waals surface area (Å²) in [5, 5.41) is 33.7. The van der Waals surface area contributed by atoms with Gasteiger partial charge in [0.05, 0.1) is 32.3 Å². The lowest BCUT2D eigenvalue weighted by Crippen LogP contribution is -2.58. The first-order valence-corrected chi connectivity index (χ1v) is 13.5. The molecular formula is C29H40N2O7. The van der Waals surface area contributed by atoms with Crippen LogP contribution in [-0.4, -0.2) is 76.6 Å². The van der Waals surface area contributed by atoms with E-state index in [0.717, 1.165) is 44.1 Å². The van der Waals surface area contributed by atoms with Gasteiger partial charge < -0.3 is 35.0 Å². The lowest BCUT2D eigenvalue weighted by atomic mass is 9.76. The third-order valence-corrected chi connectivity index (χ3v) is 7.70. The van der Waals surface area contributed by atoms with Gasteiger partial charge in [0.25, 0.3) is 0 Å². The Morgan fingerprint density at radius 2 is 1.87 bits per heavy atom. The Bertz CT molecular complexity index is 1090. The molecule has 9 nitrogen and oxygen atoms in total. The molecule has 4 atom stereocenters. The molecule has 3 aliphatic rings. The maximum Gasteiger partial charge on any atom is 0.247 e. The molecule has 208 valence electrons. The number of rotatable bonds is 8. The van der Waals surface area contributed by atoms with Gasteiger partial charge >= 0.3 is 0 Å². The Balaban J connectivity index is 1.84. The molecule has 0 bridgehead atoms. The highest BCUT2D eigenvalue weighted by Crippen LogP contribution is 2.51. The molecule has 4 unspecified atom stereocenters. The number of amides is 2. The van der Waals surface area contributed by atoms with E-state index < -0.39 is 30.1 Å². The summed E-state index contributed by atoms with van der Waals surface area (Å²) >= 11 is 0. The highest BCUT2D eigenvalue weighted by atomic mass is 16.5. The van der Waals surface area contributed by atoms with Gasteiger partial charge in [-0.05, 0) is 50.5 Å². The second-order valence-electron chi connectivity index (χ2n) is 10.6. The monoisotopic (exact) mass is 528 g/mol. The van der Waals surface area contributed by atoms with E-state index in [1.807, 2.05) is 13.8 Å². The van der Waals surface area contributed by atoms with Crippen molar-refractivity contribution in [3.63, 3.8) is 0 Å². The summed E-state index contributed by atoms with van der Waals surface area (Å²) in [7, 11) is 1.50. The third kappa shape index (κ3) is 5.60. The average molecular weight is 529 g/mol. The molecule has 1 aliphatic heterocycles. The number of benzene rings is 1. The summed E-state index contributed by atoms with van der Waals surface area (Å²) in [5.74, 6) is -0.407. The van der Waals surface area contributed by atoms with E-state index in [1.54, 1.807) is 29.2 Å². The van der Waals surface area contributed by atoms with E-state index in [-0.39, 0.29) is 31.7 Å². The maximum atomic E-state index is 13.6. The van der Waals surface area contributed by atoms with Crippen LogP contribution in [0.3, 0.4) is 0 Å². The van der Waals surface area contributed by atoms with Crippen molar-refractivity contribution >= 4 is 11.8 Å². The highest BCUT2D eigenvalue weighted by molar-refractivity contribution is 5.96. The Morgan fingerprint density at radius 1 is 1.16 bits per heavy atom. The van der Waals surface area contributed by atoms with Gasteiger partial charge in [-0.25, -0.2) is 0 Å². The summed E-state index contributed by atoms with van der Waals surface area (Å²) in [5.41, 5.74) is 2.44. The molecular weight excluding hydrogens is 488 g/mol. The number of fused-ring (bicyclic) bond motifs is 3. The molecule has 1 aromatic carbocycles. The highest BCUT2D eigenvalue weighted by Gasteiger charge is 2.52. The summed E-state index contributed by atoms with van der Waals surface area (Å²) in [6.45, 7) is 3.35. The molecule has 1 aromatic rings. The SMILES string of the molecule is COc1cc(CO)cc2c1OC1C2C(C(=O)NCCO)=CC(N(C(=O)C=C(C)C)C2CCCCCC2)C1O. The fourth-order valence-corrected chi connectivity index (χ4v) is 6.02. The smallest absolute Gasteiger partial charge is 0.247 e. The largest absolute Gasteiger partial charge is 0.493 e. The number of nitrogens with zero attached hydrogens (tertiary/aromatic N) is 1. The van der Waals surface area contributed by atoms with Crippen LogP contribution in [0.25, 0.3) is 0 Å². The topological polar surface area (TPSA) is 129 Å². The fourth-order valence-electron chi connectivity index (χ4n) is 6.02. The molecule has 0 saturated heterocycles. The molecule has 4 rings (SSSR count). The number of aliphatic hydroxyl groups is 3. The van der Waals surface area contributed by atoms with Crippen LogP contribution >= 0.6 is 0 Å². The number of hydrogen-bond donors (Lipinski definition) is 4. The summed E-state index contributed by atoms with van der Waals surface area (Å²) < 4.78 is 11.8. The van der Waals surface area contributed by atoms with E-state index >= 15 is 0 Å². The molecule has 0 aromatic heterocycles. The Kier molecular flexibility index (Phi) is 9.12. The standard InChI is InChI=1S/C29H40N2O7/c1-17(2)12-24(34)31(19-8-6-4-5-7-9-19)22-15-21(29(36)30-10-11-32)25-20-13-18(16-33)14-23(37-3)27(20)38-28(25)26(22)35/h12-15,19,22,25-26,28,32-33,35H,4-11,16H2,1-3H3,(H,30,36). The van der Waals surface area contributed by atoms with E-state index in [2.05, 4.69) is 5.32 Å². The third-order valence-electron chi connectivity index (χ3n) is 7.70. The predicted molar refractivity (Wildman–Crippen MR) is 142 cm³/mol. The quantitative estimate of drug-likeness (QED) is 0.301. The van der Waals surface area contributed by atoms with Crippen molar-refractivity contribution in [2.45, 2.75) is 89.2 Å². The molecule has 4 N–H and O–H groups in total. The van der Waals surface area contributed by atoms with Crippen molar-refractivity contribution in [2.24, 2.45) is 0 Å². The number of carbonyl (C=O) groups is 2. The first kappa shape index (κ1) is 28.1. The maximum absolute atomic E-state index is 13.6. The van der Waals surface area contributed by atoms with Gasteiger partial charge in [0, 0.05) is 29.8 Å². The fraction of sp³-hybridized carbons (Fsp3) is 0.586. The Hall–Kier alpha value is -2.88. The number of nitrogens with one attached hydrogen (secondary N) is 1. The summed E-state index contributed by atoms with van der Waals surface area (Å²) in [6.07, 6.45) is 7.20. The number of ether oxygens (including phenoxy) is 2. The van der Waals surface area contributed by atoms with Gasteiger partial charge in [-0.15, -0.1) is 0 Å². The minimum Gasteiger partial charge on any atom is -0.493 e. The van der Waals surface area contributed by atoms with Crippen LogP contribution in [0.4, 0.5) is 0 Å². The average Bonchev–Trinajstić information content (AvgIpc) is 3.08. The van der Waals surface area contributed by atoms with Crippen molar-refractivity contribution in [3.8, 4) is 11.5 Å². The zero-order chi connectivity index (χ0) is 27.4. The normalized spacial score (nSPS) is 24.7. The molecule has 38 heavy (non-hydrogen) atoms. The number of allylic oxidation sites excluding steroid dienone is 1. The molecule has 2 amide bonds. The number of methoxy groups -OCH3 is 1.